The fraction of sp³-hybridized carbons (Fsp3) is 0.278. The number of hydrogen-bond acceptors (Lipinski definition) is 1. The van der Waals surface area contributed by atoms with Crippen molar-refractivity contribution in [2.75, 3.05) is 0 Å². The molecule has 0 saturated carbocycles. The zero-order chi connectivity index (χ0) is 13.5. The lowest BCUT2D eigenvalue weighted by molar-refractivity contribution is 0.0897. The highest BCUT2D eigenvalue weighted by Crippen LogP contribution is 2.48. The molecule has 2 aromatic carbocycles. The maximum atomic E-state index is 12.3. The molecule has 0 N–H and O–H groups in total. The van der Waals surface area contributed by atoms with Gasteiger partial charge in [0, 0.05) is 17.9 Å². The summed E-state index contributed by atoms with van der Waals surface area (Å²) in [6.07, 6.45) is 0.615. The minimum absolute atomic E-state index is 0.0349. The maximum Gasteiger partial charge on any atom is 0.163 e. The molecule has 1 atom stereocenters. The minimum atomic E-state index is -0.0349. The van der Waals surface area contributed by atoms with Gasteiger partial charge in [-0.15, -0.1) is 0 Å². The summed E-state index contributed by atoms with van der Waals surface area (Å²) >= 11 is 0. The van der Waals surface area contributed by atoms with Gasteiger partial charge >= 0.3 is 0 Å². The van der Waals surface area contributed by atoms with E-state index < -0.39 is 0 Å². The molecule has 1 heteroatoms. The summed E-state index contributed by atoms with van der Waals surface area (Å²) in [7, 11) is 0. The number of carbonyl (C=O) groups excluding carboxylic acids is 1. The molecule has 0 aliphatic heterocycles. The van der Waals surface area contributed by atoms with Crippen LogP contribution in [-0.4, -0.2) is 5.78 Å². The van der Waals surface area contributed by atoms with Crippen LogP contribution in [0.5, 0.6) is 0 Å². The lowest BCUT2D eigenvalue weighted by atomic mass is 9.63. The van der Waals surface area contributed by atoms with E-state index in [1.807, 2.05) is 24.3 Å². The summed E-state index contributed by atoms with van der Waals surface area (Å²) in [6, 6.07) is 18.6. The number of carbonyl (C=O) groups is 1. The normalized spacial score (nSPS) is 20.9. The molecule has 1 aliphatic rings. The smallest absolute Gasteiger partial charge is 0.163 e. The maximum absolute atomic E-state index is 12.3. The fourth-order valence-electron chi connectivity index (χ4n) is 3.31. The third kappa shape index (κ3) is 1.99. The van der Waals surface area contributed by atoms with Crippen molar-refractivity contribution in [3.05, 3.63) is 71.3 Å². The average molecular weight is 250 g/mol. The lowest BCUT2D eigenvalue weighted by Gasteiger charge is -2.39. The van der Waals surface area contributed by atoms with Crippen molar-refractivity contribution in [1.82, 2.24) is 0 Å². The Morgan fingerprint density at radius 2 is 1.58 bits per heavy atom. The van der Waals surface area contributed by atoms with E-state index in [-0.39, 0.29) is 11.2 Å². The van der Waals surface area contributed by atoms with Crippen molar-refractivity contribution < 1.29 is 4.79 Å². The van der Waals surface area contributed by atoms with Crippen LogP contribution in [0.1, 0.15) is 47.7 Å². The summed E-state index contributed by atoms with van der Waals surface area (Å²) in [4.78, 5) is 12.3. The molecular formula is C18H18O. The van der Waals surface area contributed by atoms with Crippen molar-refractivity contribution in [3.8, 4) is 0 Å². The standard InChI is InChI=1S/C18H18O/c1-18(2)12-16(19)14-10-6-7-11-15(14)17(18)13-8-4-3-5-9-13/h3-11,17H,12H2,1-2H3. The molecule has 0 spiro atoms. The summed E-state index contributed by atoms with van der Waals surface area (Å²) in [5.41, 5.74) is 3.34. The van der Waals surface area contributed by atoms with Gasteiger partial charge < -0.3 is 0 Å². The zero-order valence-electron chi connectivity index (χ0n) is 11.4. The SMILES string of the molecule is CC1(C)CC(=O)c2ccccc2C1c1ccccc1. The van der Waals surface area contributed by atoms with Gasteiger partial charge in [-0.3, -0.25) is 4.79 Å². The predicted molar refractivity (Wildman–Crippen MR) is 77.5 cm³/mol. The quantitative estimate of drug-likeness (QED) is 0.731. The van der Waals surface area contributed by atoms with Crippen LogP contribution in [0.25, 0.3) is 0 Å². The van der Waals surface area contributed by atoms with E-state index in [9.17, 15) is 4.79 Å². The van der Waals surface area contributed by atoms with Crippen LogP contribution in [0.2, 0.25) is 0 Å². The van der Waals surface area contributed by atoms with Crippen LogP contribution < -0.4 is 0 Å². The summed E-state index contributed by atoms with van der Waals surface area (Å²) < 4.78 is 0. The number of ketones is 1. The van der Waals surface area contributed by atoms with Crippen LogP contribution in [0, 0.1) is 5.41 Å². The third-order valence-corrected chi connectivity index (χ3v) is 4.10. The topological polar surface area (TPSA) is 17.1 Å². The number of rotatable bonds is 1. The Bertz CT molecular complexity index is 611. The van der Waals surface area contributed by atoms with E-state index in [0.29, 0.717) is 12.3 Å². The molecule has 0 radical (unpaired) electrons. The van der Waals surface area contributed by atoms with Gasteiger partial charge in [0.25, 0.3) is 0 Å². The highest BCUT2D eigenvalue weighted by molar-refractivity contribution is 5.99. The molecule has 0 saturated heterocycles. The Balaban J connectivity index is 2.21. The summed E-state index contributed by atoms with van der Waals surface area (Å²) in [6.45, 7) is 4.39. The van der Waals surface area contributed by atoms with E-state index >= 15 is 0 Å². The first-order valence-electron chi connectivity index (χ1n) is 6.77. The molecule has 19 heavy (non-hydrogen) atoms. The third-order valence-electron chi connectivity index (χ3n) is 4.10. The molecular weight excluding hydrogens is 232 g/mol. The molecule has 1 unspecified atom stereocenters. The van der Waals surface area contributed by atoms with Gasteiger partial charge in [0.15, 0.2) is 5.78 Å². The van der Waals surface area contributed by atoms with Gasteiger partial charge in [-0.2, -0.15) is 0 Å². The molecule has 0 bridgehead atoms. The summed E-state index contributed by atoms with van der Waals surface area (Å²) in [5.74, 6) is 0.565. The number of hydrogen-bond donors (Lipinski definition) is 0. The van der Waals surface area contributed by atoms with Crippen molar-refractivity contribution in [1.29, 1.82) is 0 Å². The second-order valence-corrected chi connectivity index (χ2v) is 6.02. The number of fused-ring (bicyclic) bond motifs is 1. The van der Waals surface area contributed by atoms with Crippen LogP contribution in [0.3, 0.4) is 0 Å². The monoisotopic (exact) mass is 250 g/mol. The first-order chi connectivity index (χ1) is 9.09. The zero-order valence-corrected chi connectivity index (χ0v) is 11.4. The molecule has 2 aromatic rings. The van der Waals surface area contributed by atoms with E-state index in [0.717, 1.165) is 5.56 Å². The van der Waals surface area contributed by atoms with Gasteiger partial charge in [0.2, 0.25) is 0 Å². The van der Waals surface area contributed by atoms with E-state index in [2.05, 4.69) is 44.2 Å². The first-order valence-corrected chi connectivity index (χ1v) is 6.77. The number of Topliss-reactive ketones (excluding diaryl/α,β-unsaturated/α-hetero) is 1. The Kier molecular flexibility index (Phi) is 2.78. The fourth-order valence-corrected chi connectivity index (χ4v) is 3.31. The van der Waals surface area contributed by atoms with Gasteiger partial charge in [0.05, 0.1) is 0 Å². The molecule has 0 amide bonds. The van der Waals surface area contributed by atoms with E-state index in [4.69, 9.17) is 0 Å². The van der Waals surface area contributed by atoms with Crippen molar-refractivity contribution in [2.45, 2.75) is 26.2 Å². The highest BCUT2D eigenvalue weighted by atomic mass is 16.1. The van der Waals surface area contributed by atoms with Gasteiger partial charge in [-0.1, -0.05) is 68.4 Å². The molecule has 0 heterocycles. The van der Waals surface area contributed by atoms with Crippen molar-refractivity contribution in [2.24, 2.45) is 5.41 Å². The second-order valence-electron chi connectivity index (χ2n) is 6.02. The van der Waals surface area contributed by atoms with E-state index in [1.54, 1.807) is 0 Å². The molecule has 0 fully saturated rings. The molecule has 1 aliphatic carbocycles. The van der Waals surface area contributed by atoms with Crippen LogP contribution >= 0.6 is 0 Å². The van der Waals surface area contributed by atoms with Crippen molar-refractivity contribution in [3.63, 3.8) is 0 Å². The predicted octanol–water partition coefficient (Wildman–Crippen LogP) is 4.43. The van der Waals surface area contributed by atoms with Gasteiger partial charge in [0.1, 0.15) is 0 Å². The first kappa shape index (κ1) is 12.2. The minimum Gasteiger partial charge on any atom is -0.294 e. The van der Waals surface area contributed by atoms with Crippen molar-refractivity contribution >= 4 is 5.78 Å². The summed E-state index contributed by atoms with van der Waals surface area (Å²) in [5, 5.41) is 0. The Hall–Kier alpha value is -1.89. The lowest BCUT2D eigenvalue weighted by Crippen LogP contribution is -2.32. The molecule has 1 nitrogen and oxygen atoms in total. The Labute approximate surface area is 114 Å². The van der Waals surface area contributed by atoms with E-state index in [1.165, 1.54) is 11.1 Å². The molecule has 0 aromatic heterocycles. The van der Waals surface area contributed by atoms with Crippen LogP contribution in [0.4, 0.5) is 0 Å². The van der Waals surface area contributed by atoms with Gasteiger partial charge in [-0.25, -0.2) is 0 Å². The molecule has 96 valence electrons. The average Bonchev–Trinajstić information content (AvgIpc) is 2.39. The second kappa shape index (κ2) is 4.34. The largest absolute Gasteiger partial charge is 0.294 e. The Morgan fingerprint density at radius 1 is 0.947 bits per heavy atom. The Morgan fingerprint density at radius 3 is 2.32 bits per heavy atom. The highest BCUT2D eigenvalue weighted by Gasteiger charge is 2.40. The number of benzene rings is 2. The van der Waals surface area contributed by atoms with Crippen LogP contribution in [-0.2, 0) is 0 Å². The van der Waals surface area contributed by atoms with Crippen LogP contribution in [0.15, 0.2) is 54.6 Å². The van der Waals surface area contributed by atoms with Gasteiger partial charge in [-0.05, 0) is 16.5 Å². The molecule has 3 rings (SSSR count).